The van der Waals surface area contributed by atoms with Gasteiger partial charge in [-0.1, -0.05) is 18.2 Å². The second-order valence-electron chi connectivity index (χ2n) is 6.99. The number of hydrogen-bond acceptors (Lipinski definition) is 6. The van der Waals surface area contributed by atoms with E-state index < -0.39 is 20.0 Å². The molecule has 0 spiro atoms. The van der Waals surface area contributed by atoms with Crippen LogP contribution in [-0.2, 0) is 26.6 Å². The van der Waals surface area contributed by atoms with Crippen LogP contribution in [0.15, 0.2) is 56.9 Å². The molecule has 1 N–H and O–H groups in total. The van der Waals surface area contributed by atoms with Gasteiger partial charge in [0.05, 0.1) is 11.4 Å². The van der Waals surface area contributed by atoms with Crippen molar-refractivity contribution < 1.29 is 21.3 Å². The fraction of sp³-hybridized carbons (Fsp3) is 0.444. The summed E-state index contributed by atoms with van der Waals surface area (Å²) in [5, 5.41) is -0.0713. The summed E-state index contributed by atoms with van der Waals surface area (Å²) in [5.41, 5.74) is 0. The van der Waals surface area contributed by atoms with Crippen molar-refractivity contribution in [2.24, 2.45) is 0 Å². The van der Waals surface area contributed by atoms with Crippen molar-refractivity contribution in [1.29, 1.82) is 0 Å². The van der Waals surface area contributed by atoms with Gasteiger partial charge in [0, 0.05) is 33.2 Å². The van der Waals surface area contributed by atoms with Crippen LogP contribution in [-0.4, -0.2) is 59.3 Å². The molecule has 154 valence electrons. The summed E-state index contributed by atoms with van der Waals surface area (Å²) in [4.78, 5) is 2.39. The summed E-state index contributed by atoms with van der Waals surface area (Å²) in [5.74, 6) is 0.573. The number of likely N-dealkylation sites (tertiary alicyclic amines) is 1. The van der Waals surface area contributed by atoms with E-state index in [0.717, 1.165) is 4.31 Å². The molecular weight excluding hydrogens is 402 g/mol. The first-order valence-corrected chi connectivity index (χ1v) is 11.9. The molecule has 0 unspecified atom stereocenters. The second-order valence-corrected chi connectivity index (χ2v) is 10.8. The largest absolute Gasteiger partial charge is 0.447 e. The van der Waals surface area contributed by atoms with Gasteiger partial charge in [0.2, 0.25) is 15.1 Å². The van der Waals surface area contributed by atoms with Gasteiger partial charge in [-0.2, -0.15) is 0 Å². The Hall–Kier alpha value is -1.72. The number of hydrogen-bond donors (Lipinski definition) is 1. The Morgan fingerprint density at radius 2 is 1.68 bits per heavy atom. The molecule has 0 amide bonds. The van der Waals surface area contributed by atoms with Gasteiger partial charge in [0.25, 0.3) is 10.0 Å². The average molecular weight is 428 g/mol. The quantitative estimate of drug-likeness (QED) is 0.718. The summed E-state index contributed by atoms with van der Waals surface area (Å²) in [6.07, 6.45) is 1.35. The van der Waals surface area contributed by atoms with Crippen molar-refractivity contribution in [2.45, 2.75) is 35.4 Å². The van der Waals surface area contributed by atoms with Crippen LogP contribution in [0.3, 0.4) is 0 Å². The summed E-state index contributed by atoms with van der Waals surface area (Å²) in [6, 6.07) is 11.3. The summed E-state index contributed by atoms with van der Waals surface area (Å²) < 4.78 is 58.4. The maximum atomic E-state index is 12.4. The zero-order valence-corrected chi connectivity index (χ0v) is 17.5. The van der Waals surface area contributed by atoms with E-state index >= 15 is 0 Å². The first-order chi connectivity index (χ1) is 13.2. The molecule has 1 fully saturated rings. The lowest BCUT2D eigenvalue weighted by Crippen LogP contribution is -2.44. The highest BCUT2D eigenvalue weighted by Gasteiger charge is 2.26. The molecule has 1 aliphatic heterocycles. The fourth-order valence-corrected chi connectivity index (χ4v) is 5.22. The molecule has 28 heavy (non-hydrogen) atoms. The van der Waals surface area contributed by atoms with Gasteiger partial charge in [-0.25, -0.2) is 25.9 Å². The Kier molecular flexibility index (Phi) is 6.25. The molecule has 2 heterocycles. The summed E-state index contributed by atoms with van der Waals surface area (Å²) >= 11 is 0. The molecular formula is C18H25N3O5S2. The number of sulfonamides is 2. The molecule has 2 aromatic rings. The van der Waals surface area contributed by atoms with Crippen LogP contribution in [0.4, 0.5) is 0 Å². The molecule has 8 nitrogen and oxygen atoms in total. The van der Waals surface area contributed by atoms with E-state index in [0.29, 0.717) is 38.2 Å². The number of piperidine rings is 1. The van der Waals surface area contributed by atoms with E-state index in [2.05, 4.69) is 9.62 Å². The molecule has 0 aliphatic carbocycles. The van der Waals surface area contributed by atoms with Crippen molar-refractivity contribution >= 4 is 20.0 Å². The lowest BCUT2D eigenvalue weighted by atomic mass is 10.1. The van der Waals surface area contributed by atoms with E-state index in [1.54, 1.807) is 36.4 Å². The zero-order valence-electron chi connectivity index (χ0n) is 15.9. The second kappa shape index (κ2) is 8.34. The lowest BCUT2D eigenvalue weighted by molar-refractivity contribution is 0.183. The predicted molar refractivity (Wildman–Crippen MR) is 105 cm³/mol. The monoisotopic (exact) mass is 427 g/mol. The summed E-state index contributed by atoms with van der Waals surface area (Å²) in [6.45, 7) is 1.87. The molecule has 0 radical (unpaired) electrons. The Morgan fingerprint density at radius 1 is 1.04 bits per heavy atom. The van der Waals surface area contributed by atoms with Gasteiger partial charge in [0.15, 0.2) is 0 Å². The van der Waals surface area contributed by atoms with Crippen LogP contribution in [0, 0.1) is 0 Å². The van der Waals surface area contributed by atoms with Crippen LogP contribution in [0.25, 0.3) is 0 Å². The third-order valence-corrected chi connectivity index (χ3v) is 7.94. The van der Waals surface area contributed by atoms with Crippen LogP contribution in [0.2, 0.25) is 0 Å². The third-order valence-electron chi connectivity index (χ3n) is 4.71. The van der Waals surface area contributed by atoms with E-state index in [4.69, 9.17) is 4.42 Å². The average Bonchev–Trinajstić information content (AvgIpc) is 3.13. The number of nitrogens with one attached hydrogen (secondary N) is 1. The molecule has 10 heteroatoms. The Bertz CT molecular complexity index is 993. The van der Waals surface area contributed by atoms with Crippen molar-refractivity contribution in [1.82, 2.24) is 13.9 Å². The topological polar surface area (TPSA) is 99.9 Å². The van der Waals surface area contributed by atoms with Gasteiger partial charge >= 0.3 is 0 Å². The SMILES string of the molecule is CN(C)S(=O)(=O)c1ccc(CN2CCC(NS(=O)(=O)c3ccccc3)CC2)o1. The fourth-order valence-electron chi connectivity index (χ4n) is 3.08. The Labute approximate surface area is 166 Å². The molecule has 1 saturated heterocycles. The van der Waals surface area contributed by atoms with Crippen molar-refractivity contribution in [2.75, 3.05) is 27.2 Å². The van der Waals surface area contributed by atoms with Crippen LogP contribution in [0.5, 0.6) is 0 Å². The minimum absolute atomic E-state index is 0.0713. The first-order valence-electron chi connectivity index (χ1n) is 8.99. The van der Waals surface area contributed by atoms with E-state index in [-0.39, 0.29) is 16.0 Å². The highest BCUT2D eigenvalue weighted by Crippen LogP contribution is 2.20. The molecule has 0 bridgehead atoms. The number of furan rings is 1. The van der Waals surface area contributed by atoms with E-state index in [9.17, 15) is 16.8 Å². The number of benzene rings is 1. The zero-order chi connectivity index (χ0) is 20.4. The molecule has 1 aromatic heterocycles. The first kappa shape index (κ1) is 21.0. The van der Waals surface area contributed by atoms with Crippen LogP contribution in [0.1, 0.15) is 18.6 Å². The molecule has 0 saturated carbocycles. The van der Waals surface area contributed by atoms with Gasteiger partial charge in [-0.15, -0.1) is 0 Å². The maximum absolute atomic E-state index is 12.4. The van der Waals surface area contributed by atoms with Gasteiger partial charge in [0.1, 0.15) is 5.76 Å². The van der Waals surface area contributed by atoms with Gasteiger partial charge in [-0.3, -0.25) is 4.90 Å². The molecule has 0 atom stereocenters. The minimum Gasteiger partial charge on any atom is -0.447 e. The maximum Gasteiger partial charge on any atom is 0.275 e. The standard InChI is InChI=1S/C18H25N3O5S2/c1-20(2)28(24,25)18-9-8-16(26-18)14-21-12-10-15(11-13-21)19-27(22,23)17-6-4-3-5-7-17/h3-9,15,19H,10-14H2,1-2H3. The van der Waals surface area contributed by atoms with Gasteiger partial charge in [-0.05, 0) is 37.1 Å². The Morgan fingerprint density at radius 3 is 2.29 bits per heavy atom. The minimum atomic E-state index is -3.58. The number of nitrogens with zero attached hydrogens (tertiary/aromatic N) is 2. The smallest absolute Gasteiger partial charge is 0.275 e. The molecule has 1 aliphatic rings. The van der Waals surface area contributed by atoms with Crippen LogP contribution < -0.4 is 4.72 Å². The lowest BCUT2D eigenvalue weighted by Gasteiger charge is -2.31. The molecule has 1 aromatic carbocycles. The van der Waals surface area contributed by atoms with Crippen molar-refractivity contribution in [3.8, 4) is 0 Å². The normalized spacial score (nSPS) is 17.2. The van der Waals surface area contributed by atoms with Crippen molar-refractivity contribution in [3.63, 3.8) is 0 Å². The van der Waals surface area contributed by atoms with Crippen molar-refractivity contribution in [3.05, 3.63) is 48.2 Å². The van der Waals surface area contributed by atoms with E-state index in [1.165, 1.54) is 20.2 Å². The highest BCUT2D eigenvalue weighted by molar-refractivity contribution is 7.89. The predicted octanol–water partition coefficient (Wildman–Crippen LogP) is 1.47. The van der Waals surface area contributed by atoms with Crippen LogP contribution >= 0.6 is 0 Å². The molecule has 3 rings (SSSR count). The third kappa shape index (κ3) is 4.81. The highest BCUT2D eigenvalue weighted by atomic mass is 32.2. The Balaban J connectivity index is 1.54. The van der Waals surface area contributed by atoms with Gasteiger partial charge < -0.3 is 4.42 Å². The summed E-state index contributed by atoms with van der Waals surface area (Å²) in [7, 11) is -4.18. The van der Waals surface area contributed by atoms with E-state index in [1.807, 2.05) is 0 Å². The number of rotatable bonds is 7.